The lowest BCUT2D eigenvalue weighted by Crippen LogP contribution is -2.56. The van der Waals surface area contributed by atoms with Crippen LogP contribution in [-0.2, 0) is 0 Å². The van der Waals surface area contributed by atoms with Gasteiger partial charge in [0.25, 0.3) is 0 Å². The van der Waals surface area contributed by atoms with Crippen LogP contribution in [0.25, 0.3) is 0 Å². The highest BCUT2D eigenvalue weighted by Gasteiger charge is 2.31. The second kappa shape index (κ2) is 5.82. The van der Waals surface area contributed by atoms with Crippen LogP contribution in [0.5, 0.6) is 0 Å². The zero-order valence-electron chi connectivity index (χ0n) is 12.4. The number of nitrogens with one attached hydrogen (secondary N) is 1. The summed E-state index contributed by atoms with van der Waals surface area (Å²) in [6, 6.07) is 9.10. The van der Waals surface area contributed by atoms with Gasteiger partial charge >= 0.3 is 0 Å². The first-order valence-corrected chi connectivity index (χ1v) is 7.49. The molecule has 1 heterocycles. The topological polar surface area (TPSA) is 15.3 Å². The first-order valence-electron chi connectivity index (χ1n) is 7.11. The molecule has 0 aliphatic carbocycles. The third-order valence-corrected chi connectivity index (χ3v) is 4.50. The number of halogens is 1. The highest BCUT2D eigenvalue weighted by atomic mass is 35.5. The van der Waals surface area contributed by atoms with Crippen LogP contribution in [0.1, 0.15) is 39.3 Å². The van der Waals surface area contributed by atoms with E-state index in [0.717, 1.165) is 24.7 Å². The van der Waals surface area contributed by atoms with Crippen molar-refractivity contribution in [1.29, 1.82) is 0 Å². The molecule has 2 unspecified atom stereocenters. The summed E-state index contributed by atoms with van der Waals surface area (Å²) in [5.74, 6) is 0. The molecule has 106 valence electrons. The molecule has 0 spiro atoms. The fourth-order valence-corrected chi connectivity index (χ4v) is 3.01. The van der Waals surface area contributed by atoms with Crippen LogP contribution in [-0.4, -0.2) is 30.6 Å². The van der Waals surface area contributed by atoms with Crippen molar-refractivity contribution in [3.63, 3.8) is 0 Å². The predicted octanol–water partition coefficient (Wildman–Crippen LogP) is 3.72. The van der Waals surface area contributed by atoms with Crippen LogP contribution in [0.15, 0.2) is 24.3 Å². The number of rotatable bonds is 2. The molecule has 1 saturated heterocycles. The zero-order valence-corrected chi connectivity index (χ0v) is 13.2. The summed E-state index contributed by atoms with van der Waals surface area (Å²) in [4.78, 5) is 2.54. The molecule has 1 aromatic carbocycles. The van der Waals surface area contributed by atoms with Crippen molar-refractivity contribution in [3.05, 3.63) is 34.9 Å². The van der Waals surface area contributed by atoms with Gasteiger partial charge in [-0.05, 0) is 24.0 Å². The van der Waals surface area contributed by atoms with Crippen LogP contribution in [0.2, 0.25) is 5.02 Å². The van der Waals surface area contributed by atoms with E-state index in [4.69, 9.17) is 11.6 Å². The quantitative estimate of drug-likeness (QED) is 0.888. The van der Waals surface area contributed by atoms with E-state index in [2.05, 4.69) is 50.0 Å². The van der Waals surface area contributed by atoms with Crippen molar-refractivity contribution in [2.45, 2.75) is 39.8 Å². The summed E-state index contributed by atoms with van der Waals surface area (Å²) in [5.41, 5.74) is 1.53. The van der Waals surface area contributed by atoms with E-state index in [0.29, 0.717) is 17.5 Å². The van der Waals surface area contributed by atoms with Crippen LogP contribution >= 0.6 is 11.6 Å². The molecular weight excluding hydrogens is 256 g/mol. The minimum absolute atomic E-state index is 0.291. The summed E-state index contributed by atoms with van der Waals surface area (Å²) in [6.07, 6.45) is 0. The minimum atomic E-state index is 0.291. The highest BCUT2D eigenvalue weighted by Crippen LogP contribution is 2.30. The minimum Gasteiger partial charge on any atom is -0.311 e. The Morgan fingerprint density at radius 3 is 2.63 bits per heavy atom. The second-order valence-corrected chi connectivity index (χ2v) is 6.97. The lowest BCUT2D eigenvalue weighted by atomic mass is 9.85. The Morgan fingerprint density at radius 2 is 2.00 bits per heavy atom. The Hall–Kier alpha value is -0.570. The normalized spacial score (nSPS) is 23.3. The molecule has 2 nitrogen and oxygen atoms in total. The van der Waals surface area contributed by atoms with Crippen LogP contribution in [0.3, 0.4) is 0 Å². The average molecular weight is 281 g/mol. The van der Waals surface area contributed by atoms with E-state index in [1.807, 2.05) is 12.1 Å². The van der Waals surface area contributed by atoms with Gasteiger partial charge in [0.1, 0.15) is 0 Å². The van der Waals surface area contributed by atoms with E-state index in [-0.39, 0.29) is 0 Å². The van der Waals surface area contributed by atoms with Gasteiger partial charge in [-0.15, -0.1) is 0 Å². The Kier molecular flexibility index (Phi) is 4.54. The molecule has 19 heavy (non-hydrogen) atoms. The summed E-state index contributed by atoms with van der Waals surface area (Å²) in [7, 11) is 0. The third kappa shape index (κ3) is 3.50. The van der Waals surface area contributed by atoms with E-state index < -0.39 is 0 Å². The van der Waals surface area contributed by atoms with E-state index in [1.54, 1.807) is 0 Å². The number of benzene rings is 1. The van der Waals surface area contributed by atoms with E-state index in [1.165, 1.54) is 5.56 Å². The van der Waals surface area contributed by atoms with Crippen molar-refractivity contribution in [3.8, 4) is 0 Å². The third-order valence-electron chi connectivity index (χ3n) is 4.16. The molecular formula is C16H25ClN2. The number of hydrogen-bond acceptors (Lipinski definition) is 2. The zero-order chi connectivity index (χ0) is 14.0. The van der Waals surface area contributed by atoms with Gasteiger partial charge in [0.15, 0.2) is 0 Å². The van der Waals surface area contributed by atoms with Crippen molar-refractivity contribution in [2.75, 3.05) is 19.6 Å². The molecule has 1 aliphatic heterocycles. The van der Waals surface area contributed by atoms with Crippen LogP contribution in [0, 0.1) is 5.41 Å². The molecule has 0 bridgehead atoms. The molecule has 0 amide bonds. The second-order valence-electron chi connectivity index (χ2n) is 6.57. The largest absolute Gasteiger partial charge is 0.311 e. The lowest BCUT2D eigenvalue weighted by molar-refractivity contribution is 0.104. The molecule has 1 aromatic rings. The van der Waals surface area contributed by atoms with Gasteiger partial charge in [-0.25, -0.2) is 0 Å². The van der Waals surface area contributed by atoms with Crippen molar-refractivity contribution < 1.29 is 0 Å². The van der Waals surface area contributed by atoms with E-state index >= 15 is 0 Å². The van der Waals surface area contributed by atoms with Crippen molar-refractivity contribution in [1.82, 2.24) is 10.2 Å². The van der Waals surface area contributed by atoms with Crippen molar-refractivity contribution in [2.24, 2.45) is 5.41 Å². The van der Waals surface area contributed by atoms with Crippen LogP contribution in [0.4, 0.5) is 0 Å². The van der Waals surface area contributed by atoms with Gasteiger partial charge in [0.05, 0.1) is 0 Å². The average Bonchev–Trinajstić information content (AvgIpc) is 2.38. The first-order chi connectivity index (χ1) is 8.89. The summed E-state index contributed by atoms with van der Waals surface area (Å²) in [6.45, 7) is 12.4. The van der Waals surface area contributed by atoms with Gasteiger partial charge in [-0.3, -0.25) is 4.90 Å². The van der Waals surface area contributed by atoms with Gasteiger partial charge in [0.2, 0.25) is 0 Å². The monoisotopic (exact) mass is 280 g/mol. The summed E-state index contributed by atoms with van der Waals surface area (Å²) >= 11 is 6.32. The number of nitrogens with zero attached hydrogens (tertiary/aromatic N) is 1. The standard InChI is InChI=1S/C16H25ClN2/c1-12(13-7-5-6-8-14(13)17)19-10-9-18-15(11-19)16(2,3)4/h5-8,12,15,18H,9-11H2,1-4H3. The number of hydrogen-bond donors (Lipinski definition) is 1. The maximum absolute atomic E-state index is 6.32. The smallest absolute Gasteiger partial charge is 0.0453 e. The maximum atomic E-state index is 6.32. The molecule has 0 radical (unpaired) electrons. The van der Waals surface area contributed by atoms with Gasteiger partial charge < -0.3 is 5.32 Å². The molecule has 1 fully saturated rings. The summed E-state index contributed by atoms with van der Waals surface area (Å²) in [5, 5.41) is 4.51. The van der Waals surface area contributed by atoms with Crippen molar-refractivity contribution >= 4 is 11.6 Å². The van der Waals surface area contributed by atoms with Gasteiger partial charge in [-0.1, -0.05) is 50.6 Å². The molecule has 1 N–H and O–H groups in total. The Bertz CT molecular complexity index is 425. The Balaban J connectivity index is 2.12. The highest BCUT2D eigenvalue weighted by molar-refractivity contribution is 6.31. The van der Waals surface area contributed by atoms with Gasteiger partial charge in [0, 0.05) is 36.7 Å². The van der Waals surface area contributed by atoms with Crippen LogP contribution < -0.4 is 5.32 Å². The summed E-state index contributed by atoms with van der Waals surface area (Å²) < 4.78 is 0. The van der Waals surface area contributed by atoms with E-state index in [9.17, 15) is 0 Å². The fraction of sp³-hybridized carbons (Fsp3) is 0.625. The fourth-order valence-electron chi connectivity index (χ4n) is 2.72. The first kappa shape index (κ1) is 14.8. The predicted molar refractivity (Wildman–Crippen MR) is 82.7 cm³/mol. The molecule has 3 heteroatoms. The lowest BCUT2D eigenvalue weighted by Gasteiger charge is -2.43. The maximum Gasteiger partial charge on any atom is 0.0453 e. The SMILES string of the molecule is CC(c1ccccc1Cl)N1CCNC(C(C)(C)C)C1. The molecule has 0 aromatic heterocycles. The Labute approximate surface area is 122 Å². The molecule has 2 atom stereocenters. The molecule has 2 rings (SSSR count). The Morgan fingerprint density at radius 1 is 1.32 bits per heavy atom. The number of piperazine rings is 1. The molecule has 0 saturated carbocycles. The molecule has 1 aliphatic rings. The van der Waals surface area contributed by atoms with Gasteiger partial charge in [-0.2, -0.15) is 0 Å².